The number of hydrogen-bond acceptors (Lipinski definition) is 3. The highest BCUT2D eigenvalue weighted by Crippen LogP contribution is 1.99. The van der Waals surface area contributed by atoms with E-state index in [0.717, 1.165) is 0 Å². The quantitative estimate of drug-likeness (QED) is 0.541. The van der Waals surface area contributed by atoms with E-state index >= 15 is 0 Å². The summed E-state index contributed by atoms with van der Waals surface area (Å²) in [5.74, 6) is 0.00273. The molecule has 0 saturated heterocycles. The van der Waals surface area contributed by atoms with Crippen LogP contribution >= 0.6 is 0 Å². The molecule has 0 amide bonds. The minimum absolute atomic E-state index is 0.102. The second-order valence-corrected chi connectivity index (χ2v) is 2.30. The van der Waals surface area contributed by atoms with Crippen LogP contribution in [-0.2, 0) is 4.79 Å². The Balaban J connectivity index is 3.72. The van der Waals surface area contributed by atoms with Gasteiger partial charge < -0.3 is 11.5 Å². The largest absolute Gasteiger partial charge is 0.329 e. The van der Waals surface area contributed by atoms with E-state index in [2.05, 4.69) is 0 Å². The Morgan fingerprint density at radius 3 is 2.22 bits per heavy atom. The first kappa shape index (κ1) is 8.59. The third-order valence-corrected chi connectivity index (χ3v) is 1.56. The molecule has 0 aliphatic carbocycles. The molecule has 0 aliphatic rings. The van der Waals surface area contributed by atoms with Gasteiger partial charge in [-0.3, -0.25) is 4.79 Å². The third-order valence-electron chi connectivity index (χ3n) is 1.56. The van der Waals surface area contributed by atoms with E-state index in [1.165, 1.54) is 6.92 Å². The molecule has 0 aromatic carbocycles. The van der Waals surface area contributed by atoms with Crippen molar-refractivity contribution in [2.75, 3.05) is 6.54 Å². The SMILES string of the molecule is CC(=O)C(C)C(N)CN. The predicted molar refractivity (Wildman–Crippen MR) is 36.9 cm³/mol. The zero-order valence-corrected chi connectivity index (χ0v) is 5.92. The second kappa shape index (κ2) is 3.58. The van der Waals surface area contributed by atoms with Gasteiger partial charge in [-0.1, -0.05) is 6.92 Å². The Morgan fingerprint density at radius 1 is 1.67 bits per heavy atom. The van der Waals surface area contributed by atoms with Crippen molar-refractivity contribution in [2.45, 2.75) is 19.9 Å². The Bertz CT molecular complexity index is 103. The van der Waals surface area contributed by atoms with Crippen LogP contribution in [0.5, 0.6) is 0 Å². The fraction of sp³-hybridized carbons (Fsp3) is 0.833. The van der Waals surface area contributed by atoms with Gasteiger partial charge in [-0.25, -0.2) is 0 Å². The van der Waals surface area contributed by atoms with Crippen LogP contribution in [0.3, 0.4) is 0 Å². The van der Waals surface area contributed by atoms with Crippen molar-refractivity contribution in [1.29, 1.82) is 0 Å². The van der Waals surface area contributed by atoms with Gasteiger partial charge in [0.2, 0.25) is 0 Å². The number of carbonyl (C=O) groups excluding carboxylic acids is 1. The summed E-state index contributed by atoms with van der Waals surface area (Å²) in [6.07, 6.45) is 0. The average Bonchev–Trinajstić information content (AvgIpc) is 1.84. The van der Waals surface area contributed by atoms with Crippen molar-refractivity contribution in [3.63, 3.8) is 0 Å². The van der Waals surface area contributed by atoms with Crippen molar-refractivity contribution < 1.29 is 4.79 Å². The normalized spacial score (nSPS) is 16.9. The van der Waals surface area contributed by atoms with E-state index in [1.807, 2.05) is 0 Å². The lowest BCUT2D eigenvalue weighted by atomic mass is 9.99. The van der Waals surface area contributed by atoms with Gasteiger partial charge in [0.05, 0.1) is 0 Å². The summed E-state index contributed by atoms with van der Waals surface area (Å²) >= 11 is 0. The van der Waals surface area contributed by atoms with Gasteiger partial charge in [-0.05, 0) is 6.92 Å². The zero-order valence-electron chi connectivity index (χ0n) is 5.92. The standard InChI is InChI=1S/C6H14N2O/c1-4(5(2)9)6(8)3-7/h4,6H,3,7-8H2,1-2H3. The molecule has 0 spiro atoms. The lowest BCUT2D eigenvalue weighted by Gasteiger charge is -2.13. The summed E-state index contributed by atoms with van der Waals surface area (Å²) in [7, 11) is 0. The molecule has 0 aromatic rings. The Labute approximate surface area is 55.4 Å². The van der Waals surface area contributed by atoms with Crippen molar-refractivity contribution >= 4 is 5.78 Å². The molecule has 0 aromatic heterocycles. The number of ketones is 1. The minimum atomic E-state index is -0.178. The molecule has 2 unspecified atom stereocenters. The number of hydrogen-bond donors (Lipinski definition) is 2. The van der Waals surface area contributed by atoms with E-state index in [-0.39, 0.29) is 17.7 Å². The molecule has 0 heterocycles. The molecule has 0 aliphatic heterocycles. The third kappa shape index (κ3) is 2.58. The summed E-state index contributed by atoms with van der Waals surface area (Å²) in [6, 6.07) is -0.178. The van der Waals surface area contributed by atoms with Gasteiger partial charge >= 0.3 is 0 Å². The summed E-state index contributed by atoms with van der Waals surface area (Å²) < 4.78 is 0. The van der Waals surface area contributed by atoms with Crippen LogP contribution in [0.2, 0.25) is 0 Å². The minimum Gasteiger partial charge on any atom is -0.329 e. The summed E-state index contributed by atoms with van der Waals surface area (Å²) in [5, 5.41) is 0. The average molecular weight is 130 g/mol. The molecule has 3 heteroatoms. The van der Waals surface area contributed by atoms with Crippen LogP contribution in [0.4, 0.5) is 0 Å². The van der Waals surface area contributed by atoms with Gasteiger partial charge in [-0.2, -0.15) is 0 Å². The predicted octanol–water partition coefficient (Wildman–Crippen LogP) is -0.502. The summed E-state index contributed by atoms with van der Waals surface area (Å²) in [6.45, 7) is 3.70. The molecular formula is C6H14N2O. The molecule has 0 saturated carbocycles. The van der Waals surface area contributed by atoms with Crippen molar-refractivity contribution in [1.82, 2.24) is 0 Å². The Kier molecular flexibility index (Phi) is 3.42. The van der Waals surface area contributed by atoms with Gasteiger partial charge in [0.15, 0.2) is 0 Å². The molecule has 3 nitrogen and oxygen atoms in total. The van der Waals surface area contributed by atoms with E-state index in [9.17, 15) is 4.79 Å². The first-order valence-corrected chi connectivity index (χ1v) is 3.05. The molecule has 0 bridgehead atoms. The van der Waals surface area contributed by atoms with Crippen molar-refractivity contribution in [3.05, 3.63) is 0 Å². The smallest absolute Gasteiger partial charge is 0.134 e. The molecule has 9 heavy (non-hydrogen) atoms. The lowest BCUT2D eigenvalue weighted by Crippen LogP contribution is -2.38. The number of nitrogens with two attached hydrogens (primary N) is 2. The van der Waals surface area contributed by atoms with E-state index in [4.69, 9.17) is 11.5 Å². The van der Waals surface area contributed by atoms with Crippen LogP contribution < -0.4 is 11.5 Å². The van der Waals surface area contributed by atoms with Crippen molar-refractivity contribution in [2.24, 2.45) is 17.4 Å². The molecular weight excluding hydrogens is 116 g/mol. The first-order chi connectivity index (χ1) is 4.09. The lowest BCUT2D eigenvalue weighted by molar-refractivity contribution is -0.120. The highest BCUT2D eigenvalue weighted by atomic mass is 16.1. The Morgan fingerprint density at radius 2 is 2.11 bits per heavy atom. The molecule has 2 atom stereocenters. The van der Waals surface area contributed by atoms with Crippen molar-refractivity contribution in [3.8, 4) is 0 Å². The van der Waals surface area contributed by atoms with Gasteiger partial charge in [0, 0.05) is 18.5 Å². The Hall–Kier alpha value is -0.410. The molecule has 0 radical (unpaired) electrons. The highest BCUT2D eigenvalue weighted by Gasteiger charge is 2.14. The fourth-order valence-electron chi connectivity index (χ4n) is 0.506. The molecule has 0 rings (SSSR count). The van der Waals surface area contributed by atoms with Gasteiger partial charge in [-0.15, -0.1) is 0 Å². The van der Waals surface area contributed by atoms with Crippen LogP contribution in [0.15, 0.2) is 0 Å². The molecule has 4 N–H and O–H groups in total. The topological polar surface area (TPSA) is 69.1 Å². The van der Waals surface area contributed by atoms with Crippen LogP contribution in [0, 0.1) is 5.92 Å². The van der Waals surface area contributed by atoms with Crippen LogP contribution in [0.1, 0.15) is 13.8 Å². The number of carbonyl (C=O) groups is 1. The van der Waals surface area contributed by atoms with E-state index in [0.29, 0.717) is 6.54 Å². The summed E-state index contributed by atoms with van der Waals surface area (Å²) in [4.78, 5) is 10.6. The van der Waals surface area contributed by atoms with Crippen LogP contribution in [-0.4, -0.2) is 18.4 Å². The highest BCUT2D eigenvalue weighted by molar-refractivity contribution is 5.78. The first-order valence-electron chi connectivity index (χ1n) is 3.05. The number of Topliss-reactive ketones (excluding diaryl/α,β-unsaturated/α-hetero) is 1. The maximum atomic E-state index is 10.6. The van der Waals surface area contributed by atoms with Gasteiger partial charge in [0.25, 0.3) is 0 Å². The number of rotatable bonds is 3. The second-order valence-electron chi connectivity index (χ2n) is 2.30. The van der Waals surface area contributed by atoms with Gasteiger partial charge in [0.1, 0.15) is 5.78 Å². The monoisotopic (exact) mass is 130 g/mol. The fourth-order valence-corrected chi connectivity index (χ4v) is 0.506. The van der Waals surface area contributed by atoms with E-state index in [1.54, 1.807) is 6.92 Å². The van der Waals surface area contributed by atoms with Crippen LogP contribution in [0.25, 0.3) is 0 Å². The molecule has 0 fully saturated rings. The summed E-state index contributed by atoms with van der Waals surface area (Å²) in [5.41, 5.74) is 10.7. The van der Waals surface area contributed by atoms with E-state index < -0.39 is 0 Å². The maximum Gasteiger partial charge on any atom is 0.134 e. The molecule has 54 valence electrons. The maximum absolute atomic E-state index is 10.6. The zero-order chi connectivity index (χ0) is 7.44.